The average molecular weight is 236 g/mol. The van der Waals surface area contributed by atoms with Crippen LogP contribution in [-0.2, 0) is 11.3 Å². The van der Waals surface area contributed by atoms with Crippen molar-refractivity contribution in [1.29, 1.82) is 0 Å². The molecule has 0 aliphatic carbocycles. The van der Waals surface area contributed by atoms with E-state index in [1.54, 1.807) is 17.0 Å². The third-order valence-corrected chi connectivity index (χ3v) is 2.71. The van der Waals surface area contributed by atoms with Crippen LogP contribution >= 0.6 is 0 Å². The number of amides is 1. The summed E-state index contributed by atoms with van der Waals surface area (Å²) in [6.07, 6.45) is -0.437. The standard InChI is InChI=1S/C11H12N2O4/c14-10-5-11(15)12(7-10)6-8-1-3-9(4-2-8)13(16)17/h1-4,10,14H,5-7H2. The highest BCUT2D eigenvalue weighted by Gasteiger charge is 2.27. The first kappa shape index (κ1) is 11.5. The molecule has 0 saturated carbocycles. The molecule has 1 saturated heterocycles. The van der Waals surface area contributed by atoms with Gasteiger partial charge in [-0.25, -0.2) is 0 Å². The highest BCUT2D eigenvalue weighted by Crippen LogP contribution is 2.17. The molecule has 1 aromatic rings. The van der Waals surface area contributed by atoms with Gasteiger partial charge in [-0.3, -0.25) is 14.9 Å². The van der Waals surface area contributed by atoms with Gasteiger partial charge in [-0.1, -0.05) is 12.1 Å². The minimum atomic E-state index is -0.597. The Morgan fingerprint density at radius 2 is 2.06 bits per heavy atom. The van der Waals surface area contributed by atoms with Gasteiger partial charge < -0.3 is 10.0 Å². The van der Waals surface area contributed by atoms with Crippen molar-refractivity contribution in [2.45, 2.75) is 19.1 Å². The van der Waals surface area contributed by atoms with Crippen LogP contribution in [0.25, 0.3) is 0 Å². The zero-order valence-electron chi connectivity index (χ0n) is 9.07. The van der Waals surface area contributed by atoms with Crippen LogP contribution in [0.3, 0.4) is 0 Å². The second-order valence-corrected chi connectivity index (χ2v) is 4.06. The summed E-state index contributed by atoms with van der Waals surface area (Å²) in [5, 5.41) is 19.8. The summed E-state index contributed by atoms with van der Waals surface area (Å²) in [4.78, 5) is 23.0. The van der Waals surface area contributed by atoms with Crippen LogP contribution in [0.2, 0.25) is 0 Å². The lowest BCUT2D eigenvalue weighted by Gasteiger charge is -2.15. The first-order chi connectivity index (χ1) is 8.06. The number of non-ortho nitro benzene ring substituents is 1. The third-order valence-electron chi connectivity index (χ3n) is 2.71. The molecule has 2 rings (SSSR count). The molecule has 90 valence electrons. The quantitative estimate of drug-likeness (QED) is 0.618. The smallest absolute Gasteiger partial charge is 0.269 e. The summed E-state index contributed by atoms with van der Waals surface area (Å²) in [5.74, 6) is -0.0872. The van der Waals surface area contributed by atoms with Gasteiger partial charge in [0, 0.05) is 25.2 Å². The van der Waals surface area contributed by atoms with Crippen molar-refractivity contribution in [2.24, 2.45) is 0 Å². The number of nitrogens with zero attached hydrogens (tertiary/aromatic N) is 2. The Morgan fingerprint density at radius 1 is 1.41 bits per heavy atom. The van der Waals surface area contributed by atoms with Gasteiger partial charge in [-0.2, -0.15) is 0 Å². The fourth-order valence-corrected chi connectivity index (χ4v) is 1.85. The fraction of sp³-hybridized carbons (Fsp3) is 0.364. The SMILES string of the molecule is O=C1CC(O)CN1Cc1ccc([N+](=O)[O-])cc1. The summed E-state index contributed by atoms with van der Waals surface area (Å²) in [5.41, 5.74) is 0.847. The molecule has 1 N–H and O–H groups in total. The molecule has 6 nitrogen and oxygen atoms in total. The van der Waals surface area contributed by atoms with Crippen molar-refractivity contribution in [3.05, 3.63) is 39.9 Å². The highest BCUT2D eigenvalue weighted by atomic mass is 16.6. The van der Waals surface area contributed by atoms with E-state index in [-0.39, 0.29) is 18.0 Å². The number of benzene rings is 1. The number of nitro benzene ring substituents is 1. The van der Waals surface area contributed by atoms with E-state index >= 15 is 0 Å². The van der Waals surface area contributed by atoms with Crippen LogP contribution in [0.5, 0.6) is 0 Å². The molecule has 1 unspecified atom stereocenters. The number of likely N-dealkylation sites (tertiary alicyclic amines) is 1. The maximum absolute atomic E-state index is 11.4. The lowest BCUT2D eigenvalue weighted by atomic mass is 10.2. The lowest BCUT2D eigenvalue weighted by Crippen LogP contribution is -2.25. The molecule has 1 amide bonds. The van der Waals surface area contributed by atoms with E-state index in [1.165, 1.54) is 12.1 Å². The molecule has 0 radical (unpaired) electrons. The molecular formula is C11H12N2O4. The second kappa shape index (κ2) is 4.50. The van der Waals surface area contributed by atoms with Gasteiger partial charge in [0.2, 0.25) is 5.91 Å². The molecule has 0 aromatic heterocycles. The maximum atomic E-state index is 11.4. The number of carbonyl (C=O) groups is 1. The normalized spacial score (nSPS) is 19.7. The number of carbonyl (C=O) groups excluding carboxylic acids is 1. The molecule has 1 heterocycles. The Bertz CT molecular complexity index is 443. The number of nitro groups is 1. The van der Waals surface area contributed by atoms with Crippen LogP contribution in [-0.4, -0.2) is 33.5 Å². The first-order valence-electron chi connectivity index (χ1n) is 5.25. The molecule has 0 spiro atoms. The predicted molar refractivity (Wildman–Crippen MR) is 59.1 cm³/mol. The number of hydrogen-bond acceptors (Lipinski definition) is 4. The van der Waals surface area contributed by atoms with E-state index in [0.29, 0.717) is 13.1 Å². The molecule has 17 heavy (non-hydrogen) atoms. The molecule has 6 heteroatoms. The molecular weight excluding hydrogens is 224 g/mol. The Balaban J connectivity index is 2.04. The Morgan fingerprint density at radius 3 is 2.53 bits per heavy atom. The van der Waals surface area contributed by atoms with Crippen LogP contribution in [0, 0.1) is 10.1 Å². The zero-order chi connectivity index (χ0) is 12.4. The van der Waals surface area contributed by atoms with Crippen LogP contribution in [0.4, 0.5) is 5.69 Å². The van der Waals surface area contributed by atoms with Crippen LogP contribution in [0.15, 0.2) is 24.3 Å². The Hall–Kier alpha value is -1.95. The minimum absolute atomic E-state index is 0.0292. The van der Waals surface area contributed by atoms with Crippen molar-refractivity contribution in [2.75, 3.05) is 6.54 Å². The maximum Gasteiger partial charge on any atom is 0.269 e. The summed E-state index contributed by atoms with van der Waals surface area (Å²) < 4.78 is 0. The molecule has 1 aromatic carbocycles. The van der Waals surface area contributed by atoms with Crippen molar-refractivity contribution in [3.8, 4) is 0 Å². The first-order valence-corrected chi connectivity index (χ1v) is 5.25. The van der Waals surface area contributed by atoms with Gasteiger partial charge in [-0.05, 0) is 5.56 Å². The van der Waals surface area contributed by atoms with Crippen molar-refractivity contribution in [1.82, 2.24) is 4.90 Å². The molecule has 0 bridgehead atoms. The Labute approximate surface area is 97.6 Å². The zero-order valence-corrected chi connectivity index (χ0v) is 9.07. The van der Waals surface area contributed by atoms with Gasteiger partial charge in [0.15, 0.2) is 0 Å². The van der Waals surface area contributed by atoms with Gasteiger partial charge >= 0.3 is 0 Å². The van der Waals surface area contributed by atoms with Gasteiger partial charge in [0.1, 0.15) is 0 Å². The van der Waals surface area contributed by atoms with Gasteiger partial charge in [0.25, 0.3) is 5.69 Å². The highest BCUT2D eigenvalue weighted by molar-refractivity contribution is 5.79. The van der Waals surface area contributed by atoms with E-state index < -0.39 is 11.0 Å². The number of rotatable bonds is 3. The average Bonchev–Trinajstić information content (AvgIpc) is 2.58. The number of β-amino-alcohol motifs (C(OH)–C–C–N with tert-alkyl or cyclic N) is 1. The number of hydrogen-bond donors (Lipinski definition) is 1. The van der Waals surface area contributed by atoms with Crippen LogP contribution < -0.4 is 0 Å². The third kappa shape index (κ3) is 2.59. The van der Waals surface area contributed by atoms with Crippen molar-refractivity contribution >= 4 is 11.6 Å². The van der Waals surface area contributed by atoms with E-state index in [0.717, 1.165) is 5.56 Å². The molecule has 1 atom stereocenters. The van der Waals surface area contributed by atoms with Crippen molar-refractivity contribution < 1.29 is 14.8 Å². The molecule has 1 aliphatic rings. The van der Waals surface area contributed by atoms with Crippen LogP contribution in [0.1, 0.15) is 12.0 Å². The summed E-state index contributed by atoms with van der Waals surface area (Å²) in [6.45, 7) is 0.712. The van der Waals surface area contributed by atoms with E-state index in [4.69, 9.17) is 0 Å². The van der Waals surface area contributed by atoms with Gasteiger partial charge in [0.05, 0.1) is 17.4 Å². The number of aliphatic hydroxyl groups is 1. The topological polar surface area (TPSA) is 83.7 Å². The van der Waals surface area contributed by atoms with Crippen molar-refractivity contribution in [3.63, 3.8) is 0 Å². The summed E-state index contributed by atoms with van der Waals surface area (Å²) in [7, 11) is 0. The largest absolute Gasteiger partial charge is 0.391 e. The van der Waals surface area contributed by atoms with Gasteiger partial charge in [-0.15, -0.1) is 0 Å². The van der Waals surface area contributed by atoms with E-state index in [2.05, 4.69) is 0 Å². The monoisotopic (exact) mass is 236 g/mol. The summed E-state index contributed by atoms with van der Waals surface area (Å²) >= 11 is 0. The lowest BCUT2D eigenvalue weighted by molar-refractivity contribution is -0.384. The predicted octanol–water partition coefficient (Wildman–Crippen LogP) is 0.688. The number of aliphatic hydroxyl groups excluding tert-OH is 1. The minimum Gasteiger partial charge on any atom is -0.391 e. The molecule has 1 fully saturated rings. The fourth-order valence-electron chi connectivity index (χ4n) is 1.85. The summed E-state index contributed by atoms with van der Waals surface area (Å²) in [6, 6.07) is 6.06. The second-order valence-electron chi connectivity index (χ2n) is 4.06. The van der Waals surface area contributed by atoms with E-state index in [9.17, 15) is 20.0 Å². The Kier molecular flexibility index (Phi) is 3.06. The van der Waals surface area contributed by atoms with E-state index in [1.807, 2.05) is 0 Å². The molecule has 1 aliphatic heterocycles.